The molecular weight excluding hydrogens is 508 g/mol. The van der Waals surface area contributed by atoms with Crippen LogP contribution in [-0.4, -0.2) is 29.1 Å². The average molecular weight is 589 g/mol. The van der Waals surface area contributed by atoms with Crippen LogP contribution in [0.4, 0.5) is 0 Å². The lowest BCUT2D eigenvalue weighted by Crippen LogP contribution is -2.39. The van der Waals surface area contributed by atoms with Crippen LogP contribution in [-0.2, 0) is 0 Å². The Kier molecular flexibility index (Phi) is 29.8. The zero-order valence-corrected chi connectivity index (χ0v) is 29.7. The van der Waals surface area contributed by atoms with E-state index in [1.807, 2.05) is 0 Å². The first-order valence-electron chi connectivity index (χ1n) is 20.0. The Morgan fingerprint density at radius 1 is 0.310 bits per heavy atom. The van der Waals surface area contributed by atoms with Crippen molar-refractivity contribution in [1.82, 2.24) is 9.80 Å². The molecule has 0 spiro atoms. The van der Waals surface area contributed by atoms with Crippen LogP contribution in [0.2, 0.25) is 0 Å². The molecule has 1 rings (SSSR count). The molecule has 0 saturated carbocycles. The Morgan fingerprint density at radius 3 is 0.833 bits per heavy atom. The Labute approximate surface area is 267 Å². The van der Waals surface area contributed by atoms with Gasteiger partial charge in [0.25, 0.3) is 0 Å². The van der Waals surface area contributed by atoms with Gasteiger partial charge in [0.2, 0.25) is 0 Å². The first kappa shape index (κ1) is 39.4. The van der Waals surface area contributed by atoms with E-state index in [0.29, 0.717) is 6.17 Å². The zero-order valence-electron chi connectivity index (χ0n) is 29.7. The van der Waals surface area contributed by atoms with Gasteiger partial charge in [-0.2, -0.15) is 0 Å². The summed E-state index contributed by atoms with van der Waals surface area (Å²) in [6, 6.07) is 0. The molecule has 1 heterocycles. The summed E-state index contributed by atoms with van der Waals surface area (Å²) in [6.45, 7) is 9.48. The number of nitrogens with zero attached hydrogens (tertiary/aromatic N) is 2. The monoisotopic (exact) mass is 589 g/mol. The molecule has 0 radical (unpaired) electrons. The molecule has 0 aromatic rings. The first-order chi connectivity index (χ1) is 20.8. The summed E-state index contributed by atoms with van der Waals surface area (Å²) in [5, 5.41) is 0. The fourth-order valence-electron chi connectivity index (χ4n) is 6.89. The summed E-state index contributed by atoms with van der Waals surface area (Å²) >= 11 is 0. The van der Waals surface area contributed by atoms with Crippen molar-refractivity contribution < 1.29 is 0 Å². The second-order valence-corrected chi connectivity index (χ2v) is 13.9. The molecule has 2 heteroatoms. The van der Waals surface area contributed by atoms with Crippen LogP contribution in [0.3, 0.4) is 0 Å². The number of hydrogen-bond acceptors (Lipinski definition) is 2. The maximum absolute atomic E-state index is 2.72. The molecule has 0 fully saturated rings. The topological polar surface area (TPSA) is 6.48 Å². The van der Waals surface area contributed by atoms with E-state index < -0.39 is 0 Å². The maximum atomic E-state index is 2.72. The molecule has 0 saturated heterocycles. The van der Waals surface area contributed by atoms with Gasteiger partial charge >= 0.3 is 0 Å². The van der Waals surface area contributed by atoms with Gasteiger partial charge in [-0.25, -0.2) is 0 Å². The Bertz CT molecular complexity index is 544. The summed E-state index contributed by atoms with van der Waals surface area (Å²) in [5.41, 5.74) is 0. The van der Waals surface area contributed by atoms with Crippen LogP contribution in [0.15, 0.2) is 12.4 Å². The van der Waals surface area contributed by atoms with Gasteiger partial charge in [-0.1, -0.05) is 201 Å². The van der Waals surface area contributed by atoms with Gasteiger partial charge in [-0.05, 0) is 25.7 Å². The van der Waals surface area contributed by atoms with Crippen LogP contribution < -0.4 is 0 Å². The lowest BCUT2D eigenvalue weighted by atomic mass is 10.0. The summed E-state index contributed by atoms with van der Waals surface area (Å²) < 4.78 is 0. The standard InChI is InChI=1S/C40H80N2/c1-4-7-10-13-16-19-20-21-22-23-24-26-29-32-35-40-41(36-33-30-27-18-15-12-9-6-3)38-39-42(40)37-34-31-28-25-17-14-11-8-5-2/h38-40H,4-37H2,1-3H3. The molecule has 1 atom stereocenters. The molecular formula is C40H80N2. The molecule has 2 nitrogen and oxygen atoms in total. The normalized spacial score (nSPS) is 15.0. The molecule has 42 heavy (non-hydrogen) atoms. The fraction of sp³-hybridized carbons (Fsp3) is 0.950. The van der Waals surface area contributed by atoms with Crippen molar-refractivity contribution in [3.8, 4) is 0 Å². The highest BCUT2D eigenvalue weighted by molar-refractivity contribution is 4.97. The molecule has 250 valence electrons. The van der Waals surface area contributed by atoms with Gasteiger partial charge < -0.3 is 9.80 Å². The molecule has 0 amide bonds. The van der Waals surface area contributed by atoms with Crippen molar-refractivity contribution in [2.24, 2.45) is 0 Å². The van der Waals surface area contributed by atoms with Gasteiger partial charge in [0, 0.05) is 25.5 Å². The van der Waals surface area contributed by atoms with E-state index in [9.17, 15) is 0 Å². The third-order valence-corrected chi connectivity index (χ3v) is 9.82. The predicted molar refractivity (Wildman–Crippen MR) is 191 cm³/mol. The molecule has 1 aliphatic heterocycles. The number of unbranched alkanes of at least 4 members (excludes halogenated alkanes) is 28. The van der Waals surface area contributed by atoms with E-state index in [-0.39, 0.29) is 0 Å². The van der Waals surface area contributed by atoms with Crippen LogP contribution in [0, 0.1) is 0 Å². The van der Waals surface area contributed by atoms with Crippen molar-refractivity contribution in [3.63, 3.8) is 0 Å². The van der Waals surface area contributed by atoms with E-state index >= 15 is 0 Å². The third-order valence-electron chi connectivity index (χ3n) is 9.82. The van der Waals surface area contributed by atoms with Crippen molar-refractivity contribution in [2.45, 2.75) is 232 Å². The molecule has 0 bridgehead atoms. The molecule has 1 aliphatic rings. The van der Waals surface area contributed by atoms with Gasteiger partial charge in [0.05, 0.1) is 0 Å². The predicted octanol–water partition coefficient (Wildman–Crippen LogP) is 13.9. The van der Waals surface area contributed by atoms with Gasteiger partial charge in [-0.15, -0.1) is 0 Å². The first-order valence-corrected chi connectivity index (χ1v) is 20.0. The second kappa shape index (κ2) is 31.8. The van der Waals surface area contributed by atoms with Crippen molar-refractivity contribution in [1.29, 1.82) is 0 Å². The van der Waals surface area contributed by atoms with Crippen LogP contribution in [0.5, 0.6) is 0 Å². The highest BCUT2D eigenvalue weighted by Crippen LogP contribution is 2.24. The van der Waals surface area contributed by atoms with E-state index in [0.717, 1.165) is 0 Å². The quantitative estimate of drug-likeness (QED) is 0.0690. The minimum Gasteiger partial charge on any atom is -0.356 e. The van der Waals surface area contributed by atoms with Crippen molar-refractivity contribution in [2.75, 3.05) is 13.1 Å². The van der Waals surface area contributed by atoms with Crippen molar-refractivity contribution in [3.05, 3.63) is 12.4 Å². The van der Waals surface area contributed by atoms with Crippen LogP contribution in [0.1, 0.15) is 226 Å². The highest BCUT2D eigenvalue weighted by atomic mass is 15.4. The SMILES string of the molecule is CCCCCCCCCCCCCCCCC1N(CCCCCCCCCC)C=CN1CCCCCCCCCCC. The van der Waals surface area contributed by atoms with E-state index in [2.05, 4.69) is 43.0 Å². The van der Waals surface area contributed by atoms with E-state index in [1.165, 1.54) is 219 Å². The Balaban J connectivity index is 2.21. The summed E-state index contributed by atoms with van der Waals surface area (Å²) in [6.07, 6.45) is 51.4. The Hall–Kier alpha value is -0.660. The van der Waals surface area contributed by atoms with Crippen LogP contribution >= 0.6 is 0 Å². The fourth-order valence-corrected chi connectivity index (χ4v) is 6.89. The van der Waals surface area contributed by atoms with E-state index in [4.69, 9.17) is 0 Å². The third kappa shape index (κ3) is 23.8. The summed E-state index contributed by atoms with van der Waals surface area (Å²) in [5.74, 6) is 0. The minimum absolute atomic E-state index is 0.640. The van der Waals surface area contributed by atoms with Crippen molar-refractivity contribution >= 4 is 0 Å². The largest absolute Gasteiger partial charge is 0.356 e. The number of hydrogen-bond donors (Lipinski definition) is 0. The average Bonchev–Trinajstić information content (AvgIpc) is 3.38. The van der Waals surface area contributed by atoms with Gasteiger partial charge in [-0.3, -0.25) is 0 Å². The maximum Gasteiger partial charge on any atom is 0.101 e. The lowest BCUT2D eigenvalue weighted by Gasteiger charge is -2.33. The second-order valence-electron chi connectivity index (χ2n) is 13.9. The summed E-state index contributed by atoms with van der Waals surface area (Å²) in [7, 11) is 0. The number of rotatable bonds is 34. The molecule has 0 aliphatic carbocycles. The smallest absolute Gasteiger partial charge is 0.101 e. The van der Waals surface area contributed by atoms with Gasteiger partial charge in [0.1, 0.15) is 6.17 Å². The van der Waals surface area contributed by atoms with Gasteiger partial charge in [0.15, 0.2) is 0 Å². The summed E-state index contributed by atoms with van der Waals surface area (Å²) in [4.78, 5) is 5.43. The Morgan fingerprint density at radius 2 is 0.548 bits per heavy atom. The van der Waals surface area contributed by atoms with Crippen LogP contribution in [0.25, 0.3) is 0 Å². The lowest BCUT2D eigenvalue weighted by molar-refractivity contribution is 0.135. The minimum atomic E-state index is 0.640. The highest BCUT2D eigenvalue weighted by Gasteiger charge is 2.24. The molecule has 0 aromatic heterocycles. The molecule has 0 N–H and O–H groups in total. The zero-order chi connectivity index (χ0) is 30.2. The van der Waals surface area contributed by atoms with E-state index in [1.54, 1.807) is 0 Å². The molecule has 0 aromatic carbocycles. The molecule has 1 unspecified atom stereocenters.